The Bertz CT molecular complexity index is 571. The highest BCUT2D eigenvalue weighted by atomic mass is 16.5. The van der Waals surface area contributed by atoms with Crippen molar-refractivity contribution in [1.29, 1.82) is 0 Å². The van der Waals surface area contributed by atoms with Crippen LogP contribution in [0.4, 0.5) is 0 Å². The van der Waals surface area contributed by atoms with E-state index in [1.165, 1.54) is 6.92 Å². The molecule has 108 valence electrons. The fourth-order valence-corrected chi connectivity index (χ4v) is 2.06. The van der Waals surface area contributed by atoms with Crippen LogP contribution in [-0.4, -0.2) is 18.0 Å². The second kappa shape index (κ2) is 6.70. The molecule has 0 saturated heterocycles. The number of esters is 1. The van der Waals surface area contributed by atoms with E-state index in [2.05, 4.69) is 0 Å². The van der Waals surface area contributed by atoms with Crippen LogP contribution in [0.2, 0.25) is 0 Å². The highest BCUT2D eigenvalue weighted by Crippen LogP contribution is 2.26. The molecule has 2 N–H and O–H groups in total. The first kappa shape index (κ1) is 14.8. The van der Waals surface area contributed by atoms with Crippen molar-refractivity contribution in [3.05, 3.63) is 71.8 Å². The van der Waals surface area contributed by atoms with E-state index < -0.39 is 23.9 Å². The maximum atomic E-state index is 12.4. The summed E-state index contributed by atoms with van der Waals surface area (Å²) < 4.78 is 5.17. The molecule has 0 aromatic heterocycles. The van der Waals surface area contributed by atoms with Gasteiger partial charge in [0.05, 0.1) is 0 Å². The predicted octanol–water partition coefficient (Wildman–Crippen LogP) is 2.24. The van der Waals surface area contributed by atoms with Crippen molar-refractivity contribution in [2.24, 2.45) is 5.73 Å². The predicted molar refractivity (Wildman–Crippen MR) is 79.5 cm³/mol. The van der Waals surface area contributed by atoms with Gasteiger partial charge in [-0.1, -0.05) is 60.7 Å². The van der Waals surface area contributed by atoms with Crippen molar-refractivity contribution in [1.82, 2.24) is 0 Å². The Hall–Kier alpha value is -2.62. The standard InChI is InChI=1S/C17H17NO3/c1-12(16(18)19)21-17(20)15(13-8-4-2-5-9-13)14-10-6-3-7-11-14/h2-12,15H,1H3,(H2,18,19)/t12-/m0/s1. The summed E-state index contributed by atoms with van der Waals surface area (Å²) in [6, 6.07) is 18.6. The number of carbonyl (C=O) groups excluding carboxylic acids is 2. The van der Waals surface area contributed by atoms with Gasteiger partial charge >= 0.3 is 5.97 Å². The highest BCUT2D eigenvalue weighted by Gasteiger charge is 2.26. The van der Waals surface area contributed by atoms with Crippen LogP contribution in [0.25, 0.3) is 0 Å². The van der Waals surface area contributed by atoms with Crippen LogP contribution in [0.5, 0.6) is 0 Å². The van der Waals surface area contributed by atoms with Crippen LogP contribution < -0.4 is 5.73 Å². The number of ether oxygens (including phenoxy) is 1. The van der Waals surface area contributed by atoms with E-state index in [1.807, 2.05) is 60.7 Å². The summed E-state index contributed by atoms with van der Waals surface area (Å²) >= 11 is 0. The van der Waals surface area contributed by atoms with Gasteiger partial charge in [-0.3, -0.25) is 9.59 Å². The quantitative estimate of drug-likeness (QED) is 0.855. The maximum absolute atomic E-state index is 12.4. The Morgan fingerprint density at radius 3 is 1.71 bits per heavy atom. The summed E-state index contributed by atoms with van der Waals surface area (Å²) in [7, 11) is 0. The van der Waals surface area contributed by atoms with Crippen LogP contribution >= 0.6 is 0 Å². The van der Waals surface area contributed by atoms with E-state index >= 15 is 0 Å². The molecule has 0 unspecified atom stereocenters. The lowest BCUT2D eigenvalue weighted by Crippen LogP contribution is -2.32. The summed E-state index contributed by atoms with van der Waals surface area (Å²) in [6.45, 7) is 1.47. The van der Waals surface area contributed by atoms with E-state index in [1.54, 1.807) is 0 Å². The molecule has 0 bridgehead atoms. The summed E-state index contributed by atoms with van der Waals surface area (Å²) in [5.74, 6) is -1.73. The Morgan fingerprint density at radius 2 is 1.33 bits per heavy atom. The van der Waals surface area contributed by atoms with Gasteiger partial charge in [0.2, 0.25) is 0 Å². The van der Waals surface area contributed by atoms with E-state index in [-0.39, 0.29) is 0 Å². The lowest BCUT2D eigenvalue weighted by molar-refractivity contribution is -0.154. The molecule has 4 nitrogen and oxygen atoms in total. The number of nitrogens with two attached hydrogens (primary N) is 1. The largest absolute Gasteiger partial charge is 0.452 e. The first-order valence-electron chi connectivity index (χ1n) is 6.69. The molecule has 0 heterocycles. The number of carbonyl (C=O) groups is 2. The molecular formula is C17H17NO3. The molecular weight excluding hydrogens is 266 g/mol. The molecule has 0 radical (unpaired) electrons. The average molecular weight is 283 g/mol. The molecule has 4 heteroatoms. The lowest BCUT2D eigenvalue weighted by atomic mass is 9.91. The van der Waals surface area contributed by atoms with E-state index in [0.29, 0.717) is 0 Å². The Kier molecular flexibility index (Phi) is 4.72. The molecule has 0 spiro atoms. The molecule has 0 aliphatic rings. The summed E-state index contributed by atoms with van der Waals surface area (Å²) in [5, 5.41) is 0. The van der Waals surface area contributed by atoms with Gasteiger partial charge in [0.25, 0.3) is 5.91 Å². The van der Waals surface area contributed by atoms with Crippen LogP contribution in [0.1, 0.15) is 24.0 Å². The van der Waals surface area contributed by atoms with Crippen molar-refractivity contribution in [3.63, 3.8) is 0 Å². The van der Waals surface area contributed by atoms with Crippen molar-refractivity contribution in [2.75, 3.05) is 0 Å². The van der Waals surface area contributed by atoms with Crippen LogP contribution in [-0.2, 0) is 14.3 Å². The normalized spacial score (nSPS) is 11.9. The third-order valence-corrected chi connectivity index (χ3v) is 3.20. The van der Waals surface area contributed by atoms with E-state index in [9.17, 15) is 9.59 Å². The molecule has 1 amide bonds. The number of rotatable bonds is 5. The molecule has 2 rings (SSSR count). The number of benzene rings is 2. The van der Waals surface area contributed by atoms with Gasteiger partial charge in [-0.2, -0.15) is 0 Å². The topological polar surface area (TPSA) is 69.4 Å². The van der Waals surface area contributed by atoms with Crippen LogP contribution in [0.3, 0.4) is 0 Å². The first-order chi connectivity index (χ1) is 10.1. The summed E-state index contributed by atoms with van der Waals surface area (Å²) in [4.78, 5) is 23.5. The fourth-order valence-electron chi connectivity index (χ4n) is 2.06. The third kappa shape index (κ3) is 3.69. The first-order valence-corrected chi connectivity index (χ1v) is 6.69. The summed E-state index contributed by atoms with van der Waals surface area (Å²) in [6.07, 6.45) is -0.951. The van der Waals surface area contributed by atoms with Gasteiger partial charge in [-0.15, -0.1) is 0 Å². The van der Waals surface area contributed by atoms with Crippen molar-refractivity contribution >= 4 is 11.9 Å². The number of hydrogen-bond acceptors (Lipinski definition) is 3. The molecule has 0 aliphatic carbocycles. The highest BCUT2D eigenvalue weighted by molar-refractivity contribution is 5.86. The van der Waals surface area contributed by atoms with Gasteiger partial charge in [0.15, 0.2) is 6.10 Å². The molecule has 0 aliphatic heterocycles. The maximum Gasteiger partial charge on any atom is 0.318 e. The fraction of sp³-hybridized carbons (Fsp3) is 0.176. The van der Waals surface area contributed by atoms with Gasteiger partial charge in [-0.05, 0) is 18.1 Å². The molecule has 1 atom stereocenters. The second-order valence-electron chi connectivity index (χ2n) is 4.74. The lowest BCUT2D eigenvalue weighted by Gasteiger charge is -2.19. The Morgan fingerprint density at radius 1 is 0.905 bits per heavy atom. The minimum absolute atomic E-state index is 0.487. The van der Waals surface area contributed by atoms with Crippen molar-refractivity contribution in [2.45, 2.75) is 18.9 Å². The zero-order chi connectivity index (χ0) is 15.2. The molecule has 21 heavy (non-hydrogen) atoms. The van der Waals surface area contributed by atoms with Gasteiger partial charge in [0.1, 0.15) is 5.92 Å². The second-order valence-corrected chi connectivity index (χ2v) is 4.74. The number of amides is 1. The third-order valence-electron chi connectivity index (χ3n) is 3.20. The SMILES string of the molecule is C[C@H](OC(=O)C(c1ccccc1)c1ccccc1)C(N)=O. The van der Waals surface area contributed by atoms with Crippen LogP contribution in [0, 0.1) is 0 Å². The monoisotopic (exact) mass is 283 g/mol. The molecule has 0 saturated carbocycles. The van der Waals surface area contributed by atoms with Gasteiger partial charge in [-0.25, -0.2) is 0 Å². The minimum atomic E-state index is -0.951. The van der Waals surface area contributed by atoms with Crippen molar-refractivity contribution < 1.29 is 14.3 Å². The molecule has 0 fully saturated rings. The average Bonchev–Trinajstić information content (AvgIpc) is 2.49. The van der Waals surface area contributed by atoms with Crippen molar-refractivity contribution in [3.8, 4) is 0 Å². The van der Waals surface area contributed by atoms with Gasteiger partial charge < -0.3 is 10.5 Å². The minimum Gasteiger partial charge on any atom is -0.452 e. The van der Waals surface area contributed by atoms with E-state index in [4.69, 9.17) is 10.5 Å². The van der Waals surface area contributed by atoms with Crippen LogP contribution in [0.15, 0.2) is 60.7 Å². The van der Waals surface area contributed by atoms with Gasteiger partial charge in [0, 0.05) is 0 Å². The smallest absolute Gasteiger partial charge is 0.318 e. The molecule has 2 aromatic rings. The number of primary amides is 1. The zero-order valence-corrected chi connectivity index (χ0v) is 11.7. The summed E-state index contributed by atoms with van der Waals surface area (Å²) in [5.41, 5.74) is 6.77. The molecule has 2 aromatic carbocycles. The van der Waals surface area contributed by atoms with E-state index in [0.717, 1.165) is 11.1 Å². The Labute approximate surface area is 123 Å². The zero-order valence-electron chi connectivity index (χ0n) is 11.7. The number of hydrogen-bond donors (Lipinski definition) is 1. The Balaban J connectivity index is 2.33.